The molecule has 0 radical (unpaired) electrons. The van der Waals surface area contributed by atoms with Crippen molar-refractivity contribution in [1.29, 1.82) is 0 Å². The average molecular weight is 702 g/mol. The molecule has 0 N–H and O–H groups in total. The molecule has 0 amide bonds. The van der Waals surface area contributed by atoms with Gasteiger partial charge in [-0.25, -0.2) is 9.97 Å². The summed E-state index contributed by atoms with van der Waals surface area (Å²) in [7, 11) is 0. The van der Waals surface area contributed by atoms with Crippen LogP contribution in [0.1, 0.15) is 0 Å². The molecule has 0 unspecified atom stereocenters. The van der Waals surface area contributed by atoms with E-state index in [1.165, 1.54) is 43.7 Å². The first-order chi connectivity index (χ1) is 25.8. The highest BCUT2D eigenvalue weighted by Crippen LogP contribution is 2.55. The van der Waals surface area contributed by atoms with Gasteiger partial charge in [0.15, 0.2) is 5.82 Å². The molecule has 0 saturated carbocycles. The monoisotopic (exact) mass is 701 g/mol. The Hall–Kier alpha value is -6.28. The SMILES string of the molecule is c1ccc2c(c1)Sc1c(-c3nsc(-c4ccc5c6cccnc6n(-c6ccc7ccccc7c6)c5c4)n3)cccc1N2c1cccc2ccccc12. The summed E-state index contributed by atoms with van der Waals surface area (Å²) in [4.78, 5) is 14.8. The summed E-state index contributed by atoms with van der Waals surface area (Å²) in [6.07, 6.45) is 1.87. The van der Waals surface area contributed by atoms with Gasteiger partial charge >= 0.3 is 0 Å². The van der Waals surface area contributed by atoms with Crippen molar-refractivity contribution in [2.45, 2.75) is 9.79 Å². The molecule has 0 fully saturated rings. The molecule has 0 saturated heterocycles. The standard InChI is InChI=1S/C45H27N5S2/c1-2-12-30-26-32(23-21-28(30)10-1)49-40-27-31(22-24-34(40)35-16-9-25-46-44(35)49)45-47-43(48-52-45)36-15-8-19-39-42(36)51-41-20-6-5-17-38(41)50(39)37-18-7-13-29-11-3-4-14-33(29)37/h1-27H. The fraction of sp³-hybridized carbons (Fsp3) is 0. The Morgan fingerprint density at radius 2 is 1.31 bits per heavy atom. The molecule has 244 valence electrons. The zero-order chi connectivity index (χ0) is 34.2. The van der Waals surface area contributed by atoms with Crippen LogP contribution in [0.5, 0.6) is 0 Å². The normalized spacial score (nSPS) is 12.5. The van der Waals surface area contributed by atoms with Crippen LogP contribution in [-0.2, 0) is 0 Å². The number of para-hydroxylation sites is 1. The molecule has 5 nitrogen and oxygen atoms in total. The third-order valence-corrected chi connectivity index (χ3v) is 12.0. The molecule has 7 aromatic carbocycles. The topological polar surface area (TPSA) is 46.8 Å². The lowest BCUT2D eigenvalue weighted by Crippen LogP contribution is -2.15. The molecule has 1 aliphatic rings. The van der Waals surface area contributed by atoms with E-state index < -0.39 is 0 Å². The maximum absolute atomic E-state index is 5.22. The van der Waals surface area contributed by atoms with E-state index >= 15 is 0 Å². The number of anilines is 3. The Bertz CT molecular complexity index is 3030. The Balaban J connectivity index is 1.05. The van der Waals surface area contributed by atoms with Crippen LogP contribution in [0.15, 0.2) is 174 Å². The van der Waals surface area contributed by atoms with Gasteiger partial charge in [0.2, 0.25) is 0 Å². The number of rotatable bonds is 4. The number of pyridine rings is 1. The van der Waals surface area contributed by atoms with Gasteiger partial charge in [0.1, 0.15) is 10.7 Å². The van der Waals surface area contributed by atoms with E-state index in [2.05, 4.69) is 161 Å². The van der Waals surface area contributed by atoms with Crippen LogP contribution < -0.4 is 4.90 Å². The molecule has 0 bridgehead atoms. The van der Waals surface area contributed by atoms with Crippen LogP contribution in [0.2, 0.25) is 0 Å². The zero-order valence-corrected chi connectivity index (χ0v) is 29.3. The summed E-state index contributed by atoms with van der Waals surface area (Å²) in [5.41, 5.74) is 8.62. The molecule has 11 rings (SSSR count). The number of hydrogen-bond donors (Lipinski definition) is 0. The lowest BCUT2D eigenvalue weighted by molar-refractivity contribution is 1.14. The minimum absolute atomic E-state index is 0.735. The smallest absolute Gasteiger partial charge is 0.174 e. The van der Waals surface area contributed by atoms with Gasteiger partial charge in [0.05, 0.1) is 22.6 Å². The molecule has 1 aliphatic heterocycles. The number of nitrogens with zero attached hydrogens (tertiary/aromatic N) is 5. The first-order valence-electron chi connectivity index (χ1n) is 17.2. The summed E-state index contributed by atoms with van der Waals surface area (Å²) in [6.45, 7) is 0. The van der Waals surface area contributed by atoms with Crippen molar-refractivity contribution >= 4 is 83.8 Å². The maximum atomic E-state index is 5.22. The van der Waals surface area contributed by atoms with E-state index in [4.69, 9.17) is 14.3 Å². The Morgan fingerprint density at radius 3 is 2.27 bits per heavy atom. The van der Waals surface area contributed by atoms with Crippen LogP contribution >= 0.6 is 23.3 Å². The van der Waals surface area contributed by atoms with Gasteiger partial charge in [-0.3, -0.25) is 4.57 Å². The maximum Gasteiger partial charge on any atom is 0.174 e. The van der Waals surface area contributed by atoms with E-state index in [0.717, 1.165) is 65.9 Å². The fourth-order valence-electron chi connectivity index (χ4n) is 7.62. The van der Waals surface area contributed by atoms with Gasteiger partial charge in [-0.2, -0.15) is 4.37 Å². The van der Waals surface area contributed by atoms with Gasteiger partial charge in [0, 0.05) is 49.0 Å². The van der Waals surface area contributed by atoms with E-state index in [-0.39, 0.29) is 0 Å². The summed E-state index contributed by atoms with van der Waals surface area (Å²) in [6, 6.07) is 56.1. The van der Waals surface area contributed by atoms with Crippen molar-refractivity contribution in [2.24, 2.45) is 0 Å². The van der Waals surface area contributed by atoms with Crippen LogP contribution in [-0.4, -0.2) is 18.9 Å². The summed E-state index contributed by atoms with van der Waals surface area (Å²) >= 11 is 3.23. The zero-order valence-electron chi connectivity index (χ0n) is 27.6. The van der Waals surface area contributed by atoms with Crippen molar-refractivity contribution in [3.63, 3.8) is 0 Å². The predicted molar refractivity (Wildman–Crippen MR) is 217 cm³/mol. The third kappa shape index (κ3) is 4.53. The first-order valence-corrected chi connectivity index (χ1v) is 18.8. The van der Waals surface area contributed by atoms with Crippen LogP contribution in [0.25, 0.3) is 71.1 Å². The Morgan fingerprint density at radius 1 is 0.538 bits per heavy atom. The highest BCUT2D eigenvalue weighted by Gasteiger charge is 2.29. The first kappa shape index (κ1) is 29.5. The molecule has 4 heterocycles. The van der Waals surface area contributed by atoms with Gasteiger partial charge in [-0.1, -0.05) is 109 Å². The second kappa shape index (κ2) is 11.6. The van der Waals surface area contributed by atoms with Crippen molar-refractivity contribution in [1.82, 2.24) is 18.9 Å². The highest BCUT2D eigenvalue weighted by molar-refractivity contribution is 8.00. The molecule has 0 atom stereocenters. The highest BCUT2D eigenvalue weighted by atomic mass is 32.2. The largest absolute Gasteiger partial charge is 0.308 e. The van der Waals surface area contributed by atoms with Gasteiger partial charge in [-0.05, 0) is 88.4 Å². The minimum Gasteiger partial charge on any atom is -0.308 e. The summed E-state index contributed by atoms with van der Waals surface area (Å²) < 4.78 is 7.26. The van der Waals surface area contributed by atoms with Crippen molar-refractivity contribution in [3.05, 3.63) is 164 Å². The van der Waals surface area contributed by atoms with E-state index in [0.29, 0.717) is 0 Å². The van der Waals surface area contributed by atoms with Crippen molar-refractivity contribution in [2.75, 3.05) is 4.90 Å². The van der Waals surface area contributed by atoms with E-state index in [1.54, 1.807) is 11.8 Å². The molecule has 3 aromatic heterocycles. The molecular formula is C45H27N5S2. The number of fused-ring (bicyclic) bond motifs is 7. The molecule has 52 heavy (non-hydrogen) atoms. The number of hydrogen-bond acceptors (Lipinski definition) is 6. The van der Waals surface area contributed by atoms with Crippen LogP contribution in [0, 0.1) is 0 Å². The molecule has 10 aromatic rings. The lowest BCUT2D eigenvalue weighted by atomic mass is 10.1. The van der Waals surface area contributed by atoms with Gasteiger partial charge in [-0.15, -0.1) is 0 Å². The molecule has 0 aliphatic carbocycles. The summed E-state index contributed by atoms with van der Waals surface area (Å²) in [5, 5.41) is 8.00. The second-order valence-corrected chi connectivity index (χ2v) is 14.8. The number of benzene rings is 7. The van der Waals surface area contributed by atoms with Crippen molar-refractivity contribution < 1.29 is 0 Å². The Kier molecular flexibility index (Phi) is 6.59. The third-order valence-electron chi connectivity index (χ3n) is 9.99. The van der Waals surface area contributed by atoms with Gasteiger partial charge < -0.3 is 4.90 Å². The molecule has 7 heteroatoms. The van der Waals surface area contributed by atoms with E-state index in [9.17, 15) is 0 Å². The lowest BCUT2D eigenvalue weighted by Gasteiger charge is -2.34. The average Bonchev–Trinajstić information content (AvgIpc) is 3.83. The second-order valence-electron chi connectivity index (χ2n) is 13.0. The Labute approximate surface area is 307 Å². The van der Waals surface area contributed by atoms with Crippen molar-refractivity contribution in [3.8, 4) is 27.6 Å². The fourth-order valence-corrected chi connectivity index (χ4v) is 9.45. The van der Waals surface area contributed by atoms with E-state index in [1.807, 2.05) is 12.3 Å². The summed E-state index contributed by atoms with van der Waals surface area (Å²) in [5.74, 6) is 0.735. The minimum atomic E-state index is 0.735. The van der Waals surface area contributed by atoms with Crippen LogP contribution in [0.3, 0.4) is 0 Å². The van der Waals surface area contributed by atoms with Gasteiger partial charge in [0.25, 0.3) is 0 Å². The molecule has 0 spiro atoms. The van der Waals surface area contributed by atoms with Crippen LogP contribution in [0.4, 0.5) is 17.1 Å². The predicted octanol–water partition coefficient (Wildman–Crippen LogP) is 12.6. The number of aromatic nitrogens is 4. The quantitative estimate of drug-likeness (QED) is 0.183. The molecular weight excluding hydrogens is 675 g/mol.